The van der Waals surface area contributed by atoms with Gasteiger partial charge < -0.3 is 10.1 Å². The Balaban J connectivity index is 1.86. The molecule has 0 unspecified atom stereocenters. The number of ether oxygens (including phenoxy) is 1. The summed E-state index contributed by atoms with van der Waals surface area (Å²) < 4.78 is 6.26. The van der Waals surface area contributed by atoms with Gasteiger partial charge in [-0.05, 0) is 64.6 Å². The van der Waals surface area contributed by atoms with Gasteiger partial charge in [0.2, 0.25) is 0 Å². The van der Waals surface area contributed by atoms with Crippen LogP contribution in [0.2, 0.25) is 5.02 Å². The van der Waals surface area contributed by atoms with E-state index in [-0.39, 0.29) is 12.3 Å². The smallest absolute Gasteiger partial charge is 0.333 e. The fourth-order valence-electron chi connectivity index (χ4n) is 2.39. The monoisotopic (exact) mass is 478 g/mol. The Morgan fingerprint density at radius 3 is 2.77 bits per heavy atom. The molecule has 1 heterocycles. The minimum absolute atomic E-state index is 0.180. The zero-order valence-corrected chi connectivity index (χ0v) is 16.2. The first-order chi connectivity index (χ1) is 12.5. The summed E-state index contributed by atoms with van der Waals surface area (Å²) >= 11 is 8.06. The Labute approximate surface area is 169 Å². The van der Waals surface area contributed by atoms with Gasteiger partial charge in [-0.3, -0.25) is 4.79 Å². The molecule has 1 fully saturated rings. The maximum absolute atomic E-state index is 12.6. The van der Waals surface area contributed by atoms with Crippen molar-refractivity contribution in [3.8, 4) is 18.1 Å². The largest absolute Gasteiger partial charge is 0.480 e. The molecule has 0 bridgehead atoms. The predicted molar refractivity (Wildman–Crippen MR) is 109 cm³/mol. The third-order valence-corrected chi connectivity index (χ3v) is 4.60. The summed E-state index contributed by atoms with van der Waals surface area (Å²) in [6, 6.07) is 11.4. The van der Waals surface area contributed by atoms with Crippen molar-refractivity contribution >= 4 is 57.9 Å². The van der Waals surface area contributed by atoms with Crippen LogP contribution in [0.3, 0.4) is 0 Å². The molecule has 26 heavy (non-hydrogen) atoms. The van der Waals surface area contributed by atoms with Crippen molar-refractivity contribution in [3.63, 3.8) is 0 Å². The van der Waals surface area contributed by atoms with Crippen molar-refractivity contribution in [1.29, 1.82) is 0 Å². The van der Waals surface area contributed by atoms with Crippen LogP contribution in [0.25, 0.3) is 6.08 Å². The summed E-state index contributed by atoms with van der Waals surface area (Å²) in [5.41, 5.74) is 1.35. The molecule has 0 atom stereocenters. The molecule has 3 amide bonds. The number of terminal acetylenes is 1. The van der Waals surface area contributed by atoms with E-state index in [0.29, 0.717) is 16.5 Å². The van der Waals surface area contributed by atoms with Crippen molar-refractivity contribution in [3.05, 3.63) is 62.3 Å². The van der Waals surface area contributed by atoms with Gasteiger partial charge in [0.15, 0.2) is 0 Å². The number of anilines is 1. The summed E-state index contributed by atoms with van der Waals surface area (Å²) in [5, 5.41) is 3.03. The molecule has 1 N–H and O–H groups in total. The first kappa shape index (κ1) is 18.3. The minimum Gasteiger partial charge on any atom is -0.480 e. The second kappa shape index (κ2) is 7.81. The Bertz CT molecular complexity index is 965. The zero-order valence-electron chi connectivity index (χ0n) is 13.3. The van der Waals surface area contributed by atoms with Crippen molar-refractivity contribution in [2.24, 2.45) is 0 Å². The summed E-state index contributed by atoms with van der Waals surface area (Å²) in [6.45, 7) is 0.180. The van der Waals surface area contributed by atoms with Crippen LogP contribution in [-0.4, -0.2) is 18.5 Å². The van der Waals surface area contributed by atoms with Crippen molar-refractivity contribution in [2.45, 2.75) is 0 Å². The topological polar surface area (TPSA) is 58.6 Å². The molecule has 1 aliphatic heterocycles. The Hall–Kier alpha value is -2.50. The van der Waals surface area contributed by atoms with Crippen LogP contribution >= 0.6 is 34.2 Å². The molecule has 2 aromatic rings. The lowest BCUT2D eigenvalue weighted by Gasteiger charge is -2.11. The highest BCUT2D eigenvalue weighted by molar-refractivity contribution is 14.1. The molecular weight excluding hydrogens is 467 g/mol. The van der Waals surface area contributed by atoms with Crippen molar-refractivity contribution in [1.82, 2.24) is 5.32 Å². The van der Waals surface area contributed by atoms with E-state index in [1.54, 1.807) is 42.5 Å². The van der Waals surface area contributed by atoms with Crippen LogP contribution in [0.1, 0.15) is 5.56 Å². The van der Waals surface area contributed by atoms with E-state index in [4.69, 9.17) is 22.8 Å². The SMILES string of the molecule is C#CCOc1ccc(/C=C2/NC(=O)N(c3cccc(Cl)c3)C2=O)cc1I. The van der Waals surface area contributed by atoms with Gasteiger partial charge in [-0.2, -0.15) is 0 Å². The third-order valence-electron chi connectivity index (χ3n) is 3.52. The van der Waals surface area contributed by atoms with Crippen LogP contribution in [-0.2, 0) is 4.79 Å². The molecule has 0 radical (unpaired) electrons. The first-order valence-electron chi connectivity index (χ1n) is 7.48. The fourth-order valence-corrected chi connectivity index (χ4v) is 3.27. The molecule has 5 nitrogen and oxygen atoms in total. The van der Waals surface area contributed by atoms with E-state index in [2.05, 4.69) is 33.8 Å². The molecule has 0 aliphatic carbocycles. The number of rotatable bonds is 4. The second-order valence-electron chi connectivity index (χ2n) is 5.29. The highest BCUT2D eigenvalue weighted by Crippen LogP contribution is 2.26. The molecule has 0 saturated carbocycles. The second-order valence-corrected chi connectivity index (χ2v) is 6.89. The van der Waals surface area contributed by atoms with Gasteiger partial charge in [-0.1, -0.05) is 29.7 Å². The van der Waals surface area contributed by atoms with Gasteiger partial charge >= 0.3 is 6.03 Å². The van der Waals surface area contributed by atoms with E-state index in [1.165, 1.54) is 0 Å². The van der Waals surface area contributed by atoms with E-state index >= 15 is 0 Å². The number of halogens is 2. The molecular formula is C19H12ClIN2O3. The lowest BCUT2D eigenvalue weighted by atomic mass is 10.2. The van der Waals surface area contributed by atoms with Crippen LogP contribution in [0, 0.1) is 15.9 Å². The van der Waals surface area contributed by atoms with Gasteiger partial charge in [-0.25, -0.2) is 9.69 Å². The number of urea groups is 1. The third kappa shape index (κ3) is 3.84. The molecule has 2 aromatic carbocycles. The molecule has 7 heteroatoms. The van der Waals surface area contributed by atoms with E-state index in [0.717, 1.165) is 14.0 Å². The summed E-state index contributed by atoms with van der Waals surface area (Å²) in [4.78, 5) is 25.9. The first-order valence-corrected chi connectivity index (χ1v) is 8.94. The number of hydrogen-bond acceptors (Lipinski definition) is 3. The number of nitrogens with one attached hydrogen (secondary N) is 1. The maximum Gasteiger partial charge on any atom is 0.333 e. The van der Waals surface area contributed by atoms with Gasteiger partial charge in [0, 0.05) is 5.02 Å². The van der Waals surface area contributed by atoms with E-state index in [9.17, 15) is 9.59 Å². The number of carbonyl (C=O) groups excluding carboxylic acids is 2. The Morgan fingerprint density at radius 2 is 2.08 bits per heavy atom. The Kier molecular flexibility index (Phi) is 5.49. The summed E-state index contributed by atoms with van der Waals surface area (Å²) in [6.07, 6.45) is 6.80. The molecule has 1 saturated heterocycles. The number of hydrogen-bond donors (Lipinski definition) is 1. The lowest BCUT2D eigenvalue weighted by Crippen LogP contribution is -2.30. The number of benzene rings is 2. The van der Waals surface area contributed by atoms with Crippen molar-refractivity contribution < 1.29 is 14.3 Å². The maximum atomic E-state index is 12.6. The van der Waals surface area contributed by atoms with Gasteiger partial charge in [0.05, 0.1) is 9.26 Å². The summed E-state index contributed by atoms with van der Waals surface area (Å²) in [7, 11) is 0. The molecule has 130 valence electrons. The number of amides is 3. The molecule has 0 spiro atoms. The van der Waals surface area contributed by atoms with Gasteiger partial charge in [-0.15, -0.1) is 6.42 Å². The van der Waals surface area contributed by atoms with Crippen LogP contribution < -0.4 is 15.0 Å². The predicted octanol–water partition coefficient (Wildman–Crippen LogP) is 4.05. The molecule has 3 rings (SSSR count). The summed E-state index contributed by atoms with van der Waals surface area (Å²) in [5.74, 6) is 2.62. The Morgan fingerprint density at radius 1 is 1.27 bits per heavy atom. The van der Waals surface area contributed by atoms with Crippen LogP contribution in [0.15, 0.2) is 48.2 Å². The standard InChI is InChI=1S/C19H12ClIN2O3/c1-2-8-26-17-7-6-12(9-15(17)21)10-16-18(24)23(19(25)22-16)14-5-3-4-13(20)11-14/h1,3-7,9-11H,8H2,(H,22,25)/b16-10+. The minimum atomic E-state index is -0.521. The number of carbonyl (C=O) groups is 2. The molecule has 0 aromatic heterocycles. The average Bonchev–Trinajstić information content (AvgIpc) is 2.88. The average molecular weight is 479 g/mol. The van der Waals surface area contributed by atoms with Crippen molar-refractivity contribution in [2.75, 3.05) is 11.5 Å². The van der Waals surface area contributed by atoms with E-state index < -0.39 is 11.9 Å². The number of imide groups is 1. The van der Waals surface area contributed by atoms with E-state index in [1.807, 2.05) is 6.07 Å². The fraction of sp³-hybridized carbons (Fsp3) is 0.0526. The van der Waals surface area contributed by atoms with Crippen LogP contribution in [0.5, 0.6) is 5.75 Å². The molecule has 1 aliphatic rings. The van der Waals surface area contributed by atoms with Gasteiger partial charge in [0.1, 0.15) is 18.1 Å². The zero-order chi connectivity index (χ0) is 18.7. The quantitative estimate of drug-likeness (QED) is 0.312. The lowest BCUT2D eigenvalue weighted by molar-refractivity contribution is -0.113. The highest BCUT2D eigenvalue weighted by atomic mass is 127. The number of nitrogens with zero attached hydrogens (tertiary/aromatic N) is 1. The highest BCUT2D eigenvalue weighted by Gasteiger charge is 2.34. The van der Waals surface area contributed by atoms with Crippen LogP contribution in [0.4, 0.5) is 10.5 Å². The normalized spacial score (nSPS) is 15.1. The van der Waals surface area contributed by atoms with Gasteiger partial charge in [0.25, 0.3) is 5.91 Å².